The first-order valence-corrected chi connectivity index (χ1v) is 10.3. The first kappa shape index (κ1) is 20.0. The zero-order chi connectivity index (χ0) is 22.4. The van der Waals surface area contributed by atoms with Crippen molar-refractivity contribution in [3.8, 4) is 17.1 Å². The Morgan fingerprint density at radius 3 is 2.69 bits per heavy atom. The van der Waals surface area contributed by atoms with E-state index in [1.54, 1.807) is 59.1 Å². The van der Waals surface area contributed by atoms with Crippen molar-refractivity contribution < 1.29 is 9.21 Å². The molecule has 1 N–H and O–H groups in total. The molecule has 5 aromatic rings. The van der Waals surface area contributed by atoms with Gasteiger partial charge in [0.05, 0.1) is 34.3 Å². The SMILES string of the molecule is Cc1cc(NC(=O)c2cc(-c3ccco3)nc3c2c(C)nn3C)n(-c2cccc(Cl)c2)n1. The Morgan fingerprint density at radius 1 is 1.09 bits per heavy atom. The molecule has 0 fully saturated rings. The van der Waals surface area contributed by atoms with E-state index in [1.807, 2.05) is 26.0 Å². The minimum atomic E-state index is -0.301. The number of halogens is 1. The fraction of sp³-hybridized carbons (Fsp3) is 0.130. The van der Waals surface area contributed by atoms with Gasteiger partial charge in [0.15, 0.2) is 11.4 Å². The van der Waals surface area contributed by atoms with Crippen LogP contribution in [-0.2, 0) is 7.05 Å². The number of amides is 1. The molecule has 0 aliphatic rings. The molecule has 0 saturated heterocycles. The van der Waals surface area contributed by atoms with Gasteiger partial charge in [-0.15, -0.1) is 0 Å². The number of hydrogen-bond acceptors (Lipinski definition) is 5. The molecule has 9 heteroatoms. The first-order chi connectivity index (χ1) is 15.4. The van der Waals surface area contributed by atoms with Crippen LogP contribution in [0.5, 0.6) is 0 Å². The lowest BCUT2D eigenvalue weighted by Gasteiger charge is -2.11. The predicted octanol–water partition coefficient (Wildman–Crippen LogP) is 4.94. The van der Waals surface area contributed by atoms with Crippen LogP contribution in [0, 0.1) is 13.8 Å². The number of hydrogen-bond donors (Lipinski definition) is 1. The highest BCUT2D eigenvalue weighted by Crippen LogP contribution is 2.28. The number of carbonyl (C=O) groups excluding carboxylic acids is 1. The zero-order valence-electron chi connectivity index (χ0n) is 17.6. The summed E-state index contributed by atoms with van der Waals surface area (Å²) in [6, 6.07) is 14.4. The van der Waals surface area contributed by atoms with Crippen LogP contribution in [0.25, 0.3) is 28.2 Å². The van der Waals surface area contributed by atoms with Crippen LogP contribution in [0.3, 0.4) is 0 Å². The Balaban J connectivity index is 1.61. The molecule has 1 aromatic carbocycles. The largest absolute Gasteiger partial charge is 0.463 e. The number of benzene rings is 1. The van der Waals surface area contributed by atoms with Gasteiger partial charge in [0.1, 0.15) is 11.5 Å². The fourth-order valence-corrected chi connectivity index (χ4v) is 3.94. The van der Waals surface area contributed by atoms with Crippen molar-refractivity contribution in [2.75, 3.05) is 5.32 Å². The number of furan rings is 1. The maximum atomic E-state index is 13.5. The average molecular weight is 447 g/mol. The Labute approximate surface area is 188 Å². The highest BCUT2D eigenvalue weighted by molar-refractivity contribution is 6.30. The standard InChI is InChI=1S/C23H19ClN6O2/c1-13-10-20(30(27-13)16-7-4-6-15(24)11-16)26-23(31)17-12-18(19-8-5-9-32-19)25-22-21(17)14(2)28-29(22)3/h4-12H,1-3H3,(H,26,31). The van der Waals surface area contributed by atoms with Gasteiger partial charge >= 0.3 is 0 Å². The first-order valence-electron chi connectivity index (χ1n) is 9.93. The summed E-state index contributed by atoms with van der Waals surface area (Å²) in [7, 11) is 1.80. The van der Waals surface area contributed by atoms with Crippen molar-refractivity contribution >= 4 is 34.4 Å². The van der Waals surface area contributed by atoms with Crippen molar-refractivity contribution in [2.45, 2.75) is 13.8 Å². The van der Waals surface area contributed by atoms with Gasteiger partial charge in [0.25, 0.3) is 5.91 Å². The third kappa shape index (κ3) is 3.44. The molecule has 0 saturated carbocycles. The molecule has 8 nitrogen and oxygen atoms in total. The Hall–Kier alpha value is -3.91. The molecular formula is C23H19ClN6O2. The smallest absolute Gasteiger partial charge is 0.257 e. The molecule has 0 atom stereocenters. The number of aromatic nitrogens is 5. The summed E-state index contributed by atoms with van der Waals surface area (Å²) in [5.74, 6) is 0.796. The third-order valence-electron chi connectivity index (χ3n) is 5.11. The second kappa shape index (κ2) is 7.65. The lowest BCUT2D eigenvalue weighted by molar-refractivity contribution is 0.102. The molecule has 160 valence electrons. The fourth-order valence-electron chi connectivity index (χ4n) is 3.75. The third-order valence-corrected chi connectivity index (χ3v) is 5.35. The molecule has 1 amide bonds. The lowest BCUT2D eigenvalue weighted by Crippen LogP contribution is -2.16. The Kier molecular flexibility index (Phi) is 4.79. The molecule has 0 spiro atoms. The van der Waals surface area contributed by atoms with Gasteiger partial charge in [-0.3, -0.25) is 9.48 Å². The van der Waals surface area contributed by atoms with E-state index in [2.05, 4.69) is 20.5 Å². The summed E-state index contributed by atoms with van der Waals surface area (Å²) in [6.07, 6.45) is 1.57. The van der Waals surface area contributed by atoms with E-state index in [0.29, 0.717) is 44.6 Å². The van der Waals surface area contributed by atoms with Gasteiger partial charge in [0.2, 0.25) is 0 Å². The number of nitrogens with one attached hydrogen (secondary N) is 1. The van der Waals surface area contributed by atoms with E-state index in [1.165, 1.54) is 0 Å². The van der Waals surface area contributed by atoms with Gasteiger partial charge in [0, 0.05) is 18.1 Å². The highest BCUT2D eigenvalue weighted by Gasteiger charge is 2.21. The molecule has 4 heterocycles. The molecule has 5 rings (SSSR count). The van der Waals surface area contributed by atoms with Gasteiger partial charge in [-0.2, -0.15) is 10.2 Å². The van der Waals surface area contributed by atoms with Crippen LogP contribution in [-0.4, -0.2) is 30.5 Å². The van der Waals surface area contributed by atoms with Crippen molar-refractivity contribution in [2.24, 2.45) is 7.05 Å². The van der Waals surface area contributed by atoms with E-state index in [-0.39, 0.29) is 5.91 Å². The number of rotatable bonds is 4. The van der Waals surface area contributed by atoms with Crippen LogP contribution in [0.2, 0.25) is 5.02 Å². The molecule has 0 radical (unpaired) electrons. The van der Waals surface area contributed by atoms with Crippen LogP contribution in [0.1, 0.15) is 21.7 Å². The minimum Gasteiger partial charge on any atom is -0.463 e. The summed E-state index contributed by atoms with van der Waals surface area (Å²) >= 11 is 6.15. The van der Waals surface area contributed by atoms with Crippen LogP contribution in [0.4, 0.5) is 5.82 Å². The Bertz CT molecular complexity index is 1470. The molecule has 32 heavy (non-hydrogen) atoms. The predicted molar refractivity (Wildman–Crippen MR) is 122 cm³/mol. The van der Waals surface area contributed by atoms with E-state index in [0.717, 1.165) is 11.4 Å². The monoisotopic (exact) mass is 446 g/mol. The lowest BCUT2D eigenvalue weighted by atomic mass is 10.1. The van der Waals surface area contributed by atoms with Gasteiger partial charge in [-0.25, -0.2) is 9.67 Å². The summed E-state index contributed by atoms with van der Waals surface area (Å²) < 4.78 is 8.82. The summed E-state index contributed by atoms with van der Waals surface area (Å²) in [4.78, 5) is 18.2. The van der Waals surface area contributed by atoms with Crippen molar-refractivity contribution in [1.82, 2.24) is 24.5 Å². The number of aryl methyl sites for hydroxylation is 3. The highest BCUT2D eigenvalue weighted by atomic mass is 35.5. The van der Waals surface area contributed by atoms with E-state index in [9.17, 15) is 4.79 Å². The van der Waals surface area contributed by atoms with Crippen molar-refractivity contribution in [3.05, 3.63) is 76.8 Å². The maximum absolute atomic E-state index is 13.5. The number of anilines is 1. The minimum absolute atomic E-state index is 0.301. The topological polar surface area (TPSA) is 90.8 Å². The second-order valence-electron chi connectivity index (χ2n) is 7.46. The number of carbonyl (C=O) groups is 1. The summed E-state index contributed by atoms with van der Waals surface area (Å²) in [6.45, 7) is 3.72. The second-order valence-corrected chi connectivity index (χ2v) is 7.89. The normalized spacial score (nSPS) is 11.2. The average Bonchev–Trinajstić information content (AvgIpc) is 3.48. The molecule has 4 aromatic heterocycles. The quantitative estimate of drug-likeness (QED) is 0.422. The summed E-state index contributed by atoms with van der Waals surface area (Å²) in [5, 5.41) is 13.2. The van der Waals surface area contributed by atoms with Crippen molar-refractivity contribution in [1.29, 1.82) is 0 Å². The number of fused-ring (bicyclic) bond motifs is 1. The van der Waals surface area contributed by atoms with Crippen LogP contribution < -0.4 is 5.32 Å². The molecule has 0 bridgehead atoms. The van der Waals surface area contributed by atoms with Gasteiger partial charge in [-0.05, 0) is 50.2 Å². The van der Waals surface area contributed by atoms with Crippen molar-refractivity contribution in [3.63, 3.8) is 0 Å². The molecular weight excluding hydrogens is 428 g/mol. The van der Waals surface area contributed by atoms with Crippen LogP contribution in [0.15, 0.2) is 59.2 Å². The van der Waals surface area contributed by atoms with Gasteiger partial charge < -0.3 is 9.73 Å². The van der Waals surface area contributed by atoms with Gasteiger partial charge in [-0.1, -0.05) is 17.7 Å². The number of pyridine rings is 1. The van der Waals surface area contributed by atoms with E-state index in [4.69, 9.17) is 16.0 Å². The van der Waals surface area contributed by atoms with E-state index < -0.39 is 0 Å². The molecule has 0 unspecified atom stereocenters. The van der Waals surface area contributed by atoms with E-state index >= 15 is 0 Å². The molecule has 0 aliphatic carbocycles. The van der Waals surface area contributed by atoms with Crippen LogP contribution >= 0.6 is 11.6 Å². The Morgan fingerprint density at radius 2 is 1.94 bits per heavy atom. The number of nitrogens with zero attached hydrogens (tertiary/aromatic N) is 5. The summed E-state index contributed by atoms with van der Waals surface area (Å²) in [5.41, 5.74) is 3.81. The molecule has 0 aliphatic heterocycles. The zero-order valence-corrected chi connectivity index (χ0v) is 18.4. The maximum Gasteiger partial charge on any atom is 0.257 e.